The van der Waals surface area contributed by atoms with E-state index in [-0.39, 0.29) is 5.91 Å². The topological polar surface area (TPSA) is 38.3 Å². The van der Waals surface area contributed by atoms with Gasteiger partial charge in [0, 0.05) is 25.3 Å². The molecule has 0 aliphatic heterocycles. The molecular formula is C16H25NO2. The van der Waals surface area contributed by atoms with Crippen molar-refractivity contribution >= 4 is 5.91 Å². The Morgan fingerprint density at radius 3 is 2.74 bits per heavy atom. The number of amides is 1. The van der Waals surface area contributed by atoms with Crippen LogP contribution in [-0.2, 0) is 4.74 Å². The Morgan fingerprint density at radius 2 is 2.05 bits per heavy atom. The molecule has 1 amide bonds. The second-order valence-corrected chi connectivity index (χ2v) is 5.33. The highest BCUT2D eigenvalue weighted by Crippen LogP contribution is 2.12. The van der Waals surface area contributed by atoms with E-state index in [1.807, 2.05) is 32.0 Å². The largest absolute Gasteiger partial charge is 0.381 e. The fourth-order valence-corrected chi connectivity index (χ4v) is 1.79. The normalized spacial score (nSPS) is 10.8. The molecule has 106 valence electrons. The predicted octanol–water partition coefficient (Wildman–Crippen LogP) is 3.10. The Kier molecular flexibility index (Phi) is 6.57. The summed E-state index contributed by atoms with van der Waals surface area (Å²) in [7, 11) is 0. The molecule has 1 rings (SSSR count). The molecule has 3 nitrogen and oxygen atoms in total. The van der Waals surface area contributed by atoms with Gasteiger partial charge in [0.2, 0.25) is 0 Å². The summed E-state index contributed by atoms with van der Waals surface area (Å²) in [6, 6.07) is 5.81. The van der Waals surface area contributed by atoms with Crippen LogP contribution in [0.3, 0.4) is 0 Å². The van der Waals surface area contributed by atoms with Gasteiger partial charge in [-0.2, -0.15) is 0 Å². The number of rotatable bonds is 7. The standard InChI is InChI=1S/C16H25NO2/c1-12(2)11-19-10-6-9-17-16(18)15-8-5-7-13(3)14(15)4/h5,7-8,12H,6,9-11H2,1-4H3,(H,17,18). The van der Waals surface area contributed by atoms with Gasteiger partial charge in [0.05, 0.1) is 0 Å². The van der Waals surface area contributed by atoms with Crippen molar-refractivity contribution in [2.75, 3.05) is 19.8 Å². The number of aryl methyl sites for hydroxylation is 1. The van der Waals surface area contributed by atoms with E-state index < -0.39 is 0 Å². The number of carbonyl (C=O) groups is 1. The summed E-state index contributed by atoms with van der Waals surface area (Å²) in [5.74, 6) is 0.564. The highest BCUT2D eigenvalue weighted by molar-refractivity contribution is 5.95. The first-order chi connectivity index (χ1) is 9.02. The summed E-state index contributed by atoms with van der Waals surface area (Å²) in [5.41, 5.74) is 2.96. The summed E-state index contributed by atoms with van der Waals surface area (Å²) >= 11 is 0. The predicted molar refractivity (Wildman–Crippen MR) is 78.5 cm³/mol. The van der Waals surface area contributed by atoms with E-state index in [1.165, 1.54) is 0 Å². The SMILES string of the molecule is Cc1cccc(C(=O)NCCCOCC(C)C)c1C. The lowest BCUT2D eigenvalue weighted by Crippen LogP contribution is -2.26. The fourth-order valence-electron chi connectivity index (χ4n) is 1.79. The third-order valence-corrected chi connectivity index (χ3v) is 3.05. The van der Waals surface area contributed by atoms with Gasteiger partial charge in [0.1, 0.15) is 0 Å². The lowest BCUT2D eigenvalue weighted by atomic mass is 10.0. The number of nitrogens with one attached hydrogen (secondary N) is 1. The van der Waals surface area contributed by atoms with Crippen LogP contribution in [0.4, 0.5) is 0 Å². The zero-order valence-electron chi connectivity index (χ0n) is 12.5. The van der Waals surface area contributed by atoms with Crippen LogP contribution < -0.4 is 5.32 Å². The van der Waals surface area contributed by atoms with Crippen LogP contribution in [0.15, 0.2) is 18.2 Å². The molecule has 0 bridgehead atoms. The van der Waals surface area contributed by atoms with Crippen molar-refractivity contribution in [1.29, 1.82) is 0 Å². The first-order valence-electron chi connectivity index (χ1n) is 6.94. The second kappa shape index (κ2) is 7.95. The monoisotopic (exact) mass is 263 g/mol. The average molecular weight is 263 g/mol. The number of benzene rings is 1. The molecule has 0 aliphatic rings. The quantitative estimate of drug-likeness (QED) is 0.768. The Hall–Kier alpha value is -1.35. The number of hydrogen-bond acceptors (Lipinski definition) is 2. The minimum absolute atomic E-state index is 0.00468. The Morgan fingerprint density at radius 1 is 1.32 bits per heavy atom. The van der Waals surface area contributed by atoms with Crippen LogP contribution in [0.25, 0.3) is 0 Å². The summed E-state index contributed by atoms with van der Waals surface area (Å²) in [6.45, 7) is 10.4. The molecule has 0 aromatic heterocycles. The molecule has 0 unspecified atom stereocenters. The van der Waals surface area contributed by atoms with Crippen molar-refractivity contribution in [3.8, 4) is 0 Å². The molecule has 0 heterocycles. The van der Waals surface area contributed by atoms with Crippen LogP contribution in [0, 0.1) is 19.8 Å². The van der Waals surface area contributed by atoms with E-state index in [0.717, 1.165) is 29.7 Å². The van der Waals surface area contributed by atoms with E-state index in [2.05, 4.69) is 19.2 Å². The Labute approximate surface area is 116 Å². The van der Waals surface area contributed by atoms with Gasteiger partial charge in [0.25, 0.3) is 5.91 Å². The van der Waals surface area contributed by atoms with E-state index >= 15 is 0 Å². The molecule has 0 saturated carbocycles. The number of ether oxygens (including phenoxy) is 1. The highest BCUT2D eigenvalue weighted by Gasteiger charge is 2.08. The first-order valence-corrected chi connectivity index (χ1v) is 6.94. The van der Waals surface area contributed by atoms with Crippen molar-refractivity contribution in [3.63, 3.8) is 0 Å². The molecule has 0 aliphatic carbocycles. The molecule has 19 heavy (non-hydrogen) atoms. The van der Waals surface area contributed by atoms with Crippen LogP contribution in [-0.4, -0.2) is 25.7 Å². The van der Waals surface area contributed by atoms with Gasteiger partial charge in [-0.3, -0.25) is 4.79 Å². The molecule has 0 atom stereocenters. The summed E-state index contributed by atoms with van der Waals surface area (Å²) in [5, 5.41) is 2.94. The molecular weight excluding hydrogens is 238 g/mol. The maximum Gasteiger partial charge on any atom is 0.251 e. The van der Waals surface area contributed by atoms with Crippen molar-refractivity contribution in [2.45, 2.75) is 34.1 Å². The van der Waals surface area contributed by atoms with E-state index in [1.54, 1.807) is 0 Å². The minimum Gasteiger partial charge on any atom is -0.381 e. The van der Waals surface area contributed by atoms with Gasteiger partial charge in [0.15, 0.2) is 0 Å². The van der Waals surface area contributed by atoms with Gasteiger partial charge in [-0.1, -0.05) is 26.0 Å². The summed E-state index contributed by atoms with van der Waals surface area (Å²) in [4.78, 5) is 12.0. The number of hydrogen-bond donors (Lipinski definition) is 1. The lowest BCUT2D eigenvalue weighted by Gasteiger charge is -2.10. The minimum atomic E-state index is 0.00468. The molecule has 1 N–H and O–H groups in total. The maximum atomic E-state index is 12.0. The maximum absolute atomic E-state index is 12.0. The first kappa shape index (κ1) is 15.7. The second-order valence-electron chi connectivity index (χ2n) is 5.33. The van der Waals surface area contributed by atoms with Gasteiger partial charge >= 0.3 is 0 Å². The van der Waals surface area contributed by atoms with Gasteiger partial charge in [-0.25, -0.2) is 0 Å². The molecule has 1 aromatic carbocycles. The number of carbonyl (C=O) groups excluding carboxylic acids is 1. The summed E-state index contributed by atoms with van der Waals surface area (Å²) in [6.07, 6.45) is 0.851. The van der Waals surface area contributed by atoms with Crippen molar-refractivity contribution in [3.05, 3.63) is 34.9 Å². The fraction of sp³-hybridized carbons (Fsp3) is 0.562. The van der Waals surface area contributed by atoms with E-state index in [9.17, 15) is 4.79 Å². The summed E-state index contributed by atoms with van der Waals surface area (Å²) < 4.78 is 5.47. The third-order valence-electron chi connectivity index (χ3n) is 3.05. The molecule has 0 radical (unpaired) electrons. The highest BCUT2D eigenvalue weighted by atomic mass is 16.5. The van der Waals surface area contributed by atoms with Gasteiger partial charge < -0.3 is 10.1 Å². The lowest BCUT2D eigenvalue weighted by molar-refractivity contribution is 0.0924. The van der Waals surface area contributed by atoms with Crippen LogP contribution in [0.2, 0.25) is 0 Å². The molecule has 0 fully saturated rings. The molecule has 0 spiro atoms. The van der Waals surface area contributed by atoms with E-state index in [0.29, 0.717) is 19.1 Å². The van der Waals surface area contributed by atoms with Crippen molar-refractivity contribution in [1.82, 2.24) is 5.32 Å². The van der Waals surface area contributed by atoms with Crippen LogP contribution in [0.1, 0.15) is 41.8 Å². The smallest absolute Gasteiger partial charge is 0.251 e. The molecule has 3 heteroatoms. The van der Waals surface area contributed by atoms with Crippen LogP contribution >= 0.6 is 0 Å². The molecule has 0 saturated heterocycles. The Bertz CT molecular complexity index is 413. The average Bonchev–Trinajstić information content (AvgIpc) is 2.36. The zero-order valence-corrected chi connectivity index (χ0v) is 12.5. The third kappa shape index (κ3) is 5.43. The Balaban J connectivity index is 2.30. The van der Waals surface area contributed by atoms with Gasteiger partial charge in [-0.15, -0.1) is 0 Å². The van der Waals surface area contributed by atoms with E-state index in [4.69, 9.17) is 4.74 Å². The van der Waals surface area contributed by atoms with Crippen molar-refractivity contribution < 1.29 is 9.53 Å². The molecule has 1 aromatic rings. The van der Waals surface area contributed by atoms with Crippen molar-refractivity contribution in [2.24, 2.45) is 5.92 Å². The van der Waals surface area contributed by atoms with Gasteiger partial charge in [-0.05, 0) is 43.4 Å². The van der Waals surface area contributed by atoms with Crippen LogP contribution in [0.5, 0.6) is 0 Å². The zero-order chi connectivity index (χ0) is 14.3.